The molecule has 6 nitrogen and oxygen atoms in total. The summed E-state index contributed by atoms with van der Waals surface area (Å²) in [6, 6.07) is 2.56. The van der Waals surface area contributed by atoms with Gasteiger partial charge in [0, 0.05) is 5.02 Å². The van der Waals surface area contributed by atoms with E-state index in [9.17, 15) is 8.42 Å². The summed E-state index contributed by atoms with van der Waals surface area (Å²) in [5.41, 5.74) is 0. The van der Waals surface area contributed by atoms with E-state index in [1.54, 1.807) is 0 Å². The standard InChI is InChI=1S/C8H5Cl3N4O2S/c9-4-1-5(10)7(6(11)2-4)18(16,17)15-8-12-3-13-14-8/h1-3H,(H2,12,13,14,15). The van der Waals surface area contributed by atoms with Crippen LogP contribution in [0.2, 0.25) is 15.1 Å². The zero-order valence-electron chi connectivity index (χ0n) is 8.49. The van der Waals surface area contributed by atoms with Gasteiger partial charge in [-0.25, -0.2) is 18.2 Å². The van der Waals surface area contributed by atoms with E-state index in [1.165, 1.54) is 12.1 Å². The fourth-order valence-electron chi connectivity index (χ4n) is 1.22. The van der Waals surface area contributed by atoms with Crippen molar-refractivity contribution in [2.45, 2.75) is 4.90 Å². The van der Waals surface area contributed by atoms with Crippen LogP contribution in [0.15, 0.2) is 23.4 Å². The number of rotatable bonds is 3. The van der Waals surface area contributed by atoms with Gasteiger partial charge in [-0.3, -0.25) is 0 Å². The Morgan fingerprint density at radius 1 is 1.17 bits per heavy atom. The summed E-state index contributed by atoms with van der Waals surface area (Å²) >= 11 is 17.4. The van der Waals surface area contributed by atoms with Crippen molar-refractivity contribution in [3.63, 3.8) is 0 Å². The van der Waals surface area contributed by atoms with Gasteiger partial charge >= 0.3 is 0 Å². The Hall–Kier alpha value is -1.02. The predicted octanol–water partition coefficient (Wildman–Crippen LogP) is 2.57. The Balaban J connectivity index is 2.48. The van der Waals surface area contributed by atoms with Crippen LogP contribution in [0, 0.1) is 0 Å². The van der Waals surface area contributed by atoms with Crippen LogP contribution in [0.25, 0.3) is 0 Å². The summed E-state index contributed by atoms with van der Waals surface area (Å²) < 4.78 is 26.2. The van der Waals surface area contributed by atoms with Crippen LogP contribution in [0.1, 0.15) is 0 Å². The number of hydrogen-bond donors (Lipinski definition) is 2. The summed E-state index contributed by atoms with van der Waals surface area (Å²) in [7, 11) is -3.97. The molecule has 0 fully saturated rings. The van der Waals surface area contributed by atoms with Gasteiger partial charge in [0.25, 0.3) is 10.0 Å². The molecule has 0 saturated heterocycles. The molecule has 2 N–H and O–H groups in total. The fourth-order valence-corrected chi connectivity index (χ4v) is 3.73. The van der Waals surface area contributed by atoms with Gasteiger partial charge in [0.15, 0.2) is 0 Å². The van der Waals surface area contributed by atoms with E-state index in [-0.39, 0.29) is 25.9 Å². The molecule has 2 rings (SSSR count). The van der Waals surface area contributed by atoms with Gasteiger partial charge in [-0.15, -0.1) is 0 Å². The van der Waals surface area contributed by atoms with E-state index in [2.05, 4.69) is 19.9 Å². The van der Waals surface area contributed by atoms with Gasteiger partial charge < -0.3 is 0 Å². The summed E-state index contributed by atoms with van der Waals surface area (Å²) in [6.45, 7) is 0. The second kappa shape index (κ2) is 4.93. The van der Waals surface area contributed by atoms with Gasteiger partial charge in [-0.2, -0.15) is 10.1 Å². The first-order chi connectivity index (χ1) is 8.40. The van der Waals surface area contributed by atoms with E-state index in [1.807, 2.05) is 0 Å². The zero-order chi connectivity index (χ0) is 13.3. The molecule has 10 heteroatoms. The average molecular weight is 328 g/mol. The maximum atomic E-state index is 12.0. The number of H-pyrrole nitrogens is 1. The Morgan fingerprint density at radius 2 is 1.78 bits per heavy atom. The van der Waals surface area contributed by atoms with E-state index >= 15 is 0 Å². The molecule has 1 aromatic heterocycles. The third-order valence-corrected chi connectivity index (χ3v) is 4.36. The highest BCUT2D eigenvalue weighted by molar-refractivity contribution is 7.93. The second-order valence-corrected chi connectivity index (χ2v) is 6.01. The van der Waals surface area contributed by atoms with Gasteiger partial charge in [-0.05, 0) is 12.1 Å². The van der Waals surface area contributed by atoms with Gasteiger partial charge in [0.1, 0.15) is 11.2 Å². The highest BCUT2D eigenvalue weighted by Gasteiger charge is 2.23. The van der Waals surface area contributed by atoms with Crippen LogP contribution >= 0.6 is 34.8 Å². The molecule has 0 radical (unpaired) electrons. The maximum Gasteiger partial charge on any atom is 0.267 e. The summed E-state index contributed by atoms with van der Waals surface area (Å²) in [4.78, 5) is 3.36. The van der Waals surface area contributed by atoms with Crippen LogP contribution in [-0.4, -0.2) is 23.6 Å². The maximum absolute atomic E-state index is 12.0. The minimum absolute atomic E-state index is 0.0444. The van der Waals surface area contributed by atoms with Crippen molar-refractivity contribution in [3.05, 3.63) is 33.5 Å². The normalized spacial score (nSPS) is 11.5. The first-order valence-corrected chi connectivity index (χ1v) is 7.04. The van der Waals surface area contributed by atoms with Crippen molar-refractivity contribution >= 4 is 50.8 Å². The summed E-state index contributed by atoms with van der Waals surface area (Å²) in [5.74, 6) is -0.0444. The van der Waals surface area contributed by atoms with E-state index in [0.717, 1.165) is 6.33 Å². The molecule has 18 heavy (non-hydrogen) atoms. The highest BCUT2D eigenvalue weighted by atomic mass is 35.5. The summed E-state index contributed by atoms with van der Waals surface area (Å²) in [5, 5.41) is 5.93. The van der Waals surface area contributed by atoms with Crippen LogP contribution in [0.4, 0.5) is 5.95 Å². The minimum Gasteiger partial charge on any atom is -0.247 e. The lowest BCUT2D eigenvalue weighted by molar-refractivity contribution is 0.601. The van der Waals surface area contributed by atoms with E-state index in [4.69, 9.17) is 34.8 Å². The largest absolute Gasteiger partial charge is 0.267 e. The third-order valence-electron chi connectivity index (χ3n) is 1.88. The van der Waals surface area contributed by atoms with E-state index in [0.29, 0.717) is 0 Å². The topological polar surface area (TPSA) is 87.7 Å². The Morgan fingerprint density at radius 3 is 2.28 bits per heavy atom. The van der Waals surface area contributed by atoms with Crippen molar-refractivity contribution in [1.82, 2.24) is 15.2 Å². The number of hydrogen-bond acceptors (Lipinski definition) is 4. The van der Waals surface area contributed by atoms with Crippen LogP contribution < -0.4 is 4.72 Å². The van der Waals surface area contributed by atoms with Gasteiger partial charge in [0.05, 0.1) is 10.0 Å². The molecule has 0 aliphatic rings. The third kappa shape index (κ3) is 2.69. The van der Waals surface area contributed by atoms with E-state index < -0.39 is 10.0 Å². The first kappa shape index (κ1) is 13.4. The smallest absolute Gasteiger partial charge is 0.247 e. The zero-order valence-corrected chi connectivity index (χ0v) is 11.6. The molecule has 0 aliphatic carbocycles. The van der Waals surface area contributed by atoms with Crippen molar-refractivity contribution in [2.24, 2.45) is 0 Å². The molecule has 0 amide bonds. The number of sulfonamides is 1. The Bertz CT molecular complexity index is 649. The second-order valence-electron chi connectivity index (χ2n) is 3.14. The fraction of sp³-hybridized carbons (Fsp3) is 0. The van der Waals surface area contributed by atoms with Crippen molar-refractivity contribution in [1.29, 1.82) is 0 Å². The molecule has 2 aromatic rings. The number of benzene rings is 1. The molecule has 1 heterocycles. The quantitative estimate of drug-likeness (QED) is 0.907. The lowest BCUT2D eigenvalue weighted by Gasteiger charge is -2.09. The number of aromatic amines is 1. The number of halogens is 3. The van der Waals surface area contributed by atoms with Crippen molar-refractivity contribution in [2.75, 3.05) is 4.72 Å². The average Bonchev–Trinajstić information content (AvgIpc) is 2.66. The number of aromatic nitrogens is 3. The molecule has 1 aromatic carbocycles. The van der Waals surface area contributed by atoms with Gasteiger partial charge in [-0.1, -0.05) is 34.8 Å². The number of nitrogens with one attached hydrogen (secondary N) is 2. The highest BCUT2D eigenvalue weighted by Crippen LogP contribution is 2.33. The number of nitrogens with zero attached hydrogens (tertiary/aromatic N) is 2. The van der Waals surface area contributed by atoms with Crippen LogP contribution in [0.5, 0.6) is 0 Å². The van der Waals surface area contributed by atoms with Crippen molar-refractivity contribution < 1.29 is 8.42 Å². The molecule has 0 aliphatic heterocycles. The molecular formula is C8H5Cl3N4O2S. The minimum atomic E-state index is -3.97. The Kier molecular flexibility index (Phi) is 3.67. The predicted molar refractivity (Wildman–Crippen MR) is 68.7 cm³/mol. The molecular weight excluding hydrogens is 323 g/mol. The number of anilines is 1. The summed E-state index contributed by atoms with van der Waals surface area (Å²) in [6.07, 6.45) is 1.16. The molecule has 0 unspecified atom stereocenters. The molecule has 0 saturated carbocycles. The van der Waals surface area contributed by atoms with Gasteiger partial charge in [0.2, 0.25) is 5.95 Å². The molecule has 96 valence electrons. The lowest BCUT2D eigenvalue weighted by atomic mass is 10.4. The monoisotopic (exact) mass is 326 g/mol. The first-order valence-electron chi connectivity index (χ1n) is 4.43. The Labute approximate surface area is 117 Å². The lowest BCUT2D eigenvalue weighted by Crippen LogP contribution is -2.15. The molecule has 0 atom stereocenters. The SMILES string of the molecule is O=S(=O)(Nc1ncn[nH]1)c1c(Cl)cc(Cl)cc1Cl. The van der Waals surface area contributed by atoms with Crippen LogP contribution in [-0.2, 0) is 10.0 Å². The molecule has 0 bridgehead atoms. The van der Waals surface area contributed by atoms with Crippen LogP contribution in [0.3, 0.4) is 0 Å². The van der Waals surface area contributed by atoms with Crippen molar-refractivity contribution in [3.8, 4) is 0 Å². The molecule has 0 spiro atoms.